The molecule has 214 valence electrons. The van der Waals surface area contributed by atoms with E-state index in [9.17, 15) is 24.6 Å². The zero-order valence-corrected chi connectivity index (χ0v) is 22.9. The molecule has 16 nitrogen and oxygen atoms in total. The molecule has 0 unspecified atom stereocenters. The average Bonchev–Trinajstić information content (AvgIpc) is 3.65. The third kappa shape index (κ3) is 5.81. The van der Waals surface area contributed by atoms with E-state index in [1.807, 2.05) is 18.2 Å². The van der Waals surface area contributed by atoms with Gasteiger partial charge in [-0.2, -0.15) is 20.3 Å². The topological polar surface area (TPSA) is 227 Å². The SMILES string of the molecule is O=P(O)(O)[C@@](CO)(Cc1nn[nH]n1)OC[C@H]1O[C@@H](n2ncc3c(NCc4ccccc4Cl)nc(Cl)nc32)C[C@@H]1O. The molecule has 0 bridgehead atoms. The molecule has 0 amide bonds. The molecule has 1 fully saturated rings. The molecule has 0 saturated carbocycles. The summed E-state index contributed by atoms with van der Waals surface area (Å²) in [4.78, 5) is 28.4. The summed E-state index contributed by atoms with van der Waals surface area (Å²) < 4.78 is 25.2. The van der Waals surface area contributed by atoms with Crippen LogP contribution in [0.3, 0.4) is 0 Å². The van der Waals surface area contributed by atoms with Crippen molar-refractivity contribution in [3.63, 3.8) is 0 Å². The minimum Gasteiger partial charge on any atom is -0.393 e. The van der Waals surface area contributed by atoms with E-state index in [0.717, 1.165) is 5.56 Å². The van der Waals surface area contributed by atoms with Crippen LogP contribution in [0.15, 0.2) is 30.5 Å². The van der Waals surface area contributed by atoms with Crippen molar-refractivity contribution in [1.29, 1.82) is 0 Å². The summed E-state index contributed by atoms with van der Waals surface area (Å²) in [5, 5.41) is 39.7. The van der Waals surface area contributed by atoms with Crippen LogP contribution < -0.4 is 5.32 Å². The van der Waals surface area contributed by atoms with E-state index in [-0.39, 0.29) is 17.5 Å². The van der Waals surface area contributed by atoms with Gasteiger partial charge in [0.2, 0.25) is 5.28 Å². The van der Waals surface area contributed by atoms with Crippen LogP contribution in [0, 0.1) is 0 Å². The minimum absolute atomic E-state index is 0.0508. The van der Waals surface area contributed by atoms with E-state index in [4.69, 9.17) is 32.7 Å². The number of aromatic amines is 1. The Labute approximate surface area is 235 Å². The molecule has 3 aromatic heterocycles. The fraction of sp³-hybridized carbons (Fsp3) is 0.429. The van der Waals surface area contributed by atoms with Gasteiger partial charge >= 0.3 is 7.60 Å². The number of fused-ring (bicyclic) bond motifs is 1. The molecule has 0 spiro atoms. The van der Waals surface area contributed by atoms with Crippen LogP contribution in [0.5, 0.6) is 0 Å². The number of ether oxygens (including phenoxy) is 2. The van der Waals surface area contributed by atoms with E-state index in [0.29, 0.717) is 28.4 Å². The van der Waals surface area contributed by atoms with Crippen LogP contribution in [-0.4, -0.2) is 91.1 Å². The first-order chi connectivity index (χ1) is 19.1. The Balaban J connectivity index is 1.32. The molecule has 0 radical (unpaired) electrons. The number of rotatable bonds is 11. The molecule has 0 aliphatic carbocycles. The van der Waals surface area contributed by atoms with Crippen LogP contribution in [0.4, 0.5) is 5.82 Å². The normalized spacial score (nSPS) is 21.1. The highest BCUT2D eigenvalue weighted by atomic mass is 35.5. The summed E-state index contributed by atoms with van der Waals surface area (Å²) in [5.74, 6) is 0.331. The second-order valence-electron chi connectivity index (χ2n) is 9.01. The zero-order chi connectivity index (χ0) is 28.5. The first-order valence-electron chi connectivity index (χ1n) is 11.8. The number of nitrogens with one attached hydrogen (secondary N) is 2. The molecule has 6 N–H and O–H groups in total. The second-order valence-corrected chi connectivity index (χ2v) is 11.7. The molecule has 4 atom stereocenters. The number of H-pyrrole nitrogens is 1. The highest BCUT2D eigenvalue weighted by Crippen LogP contribution is 2.52. The fourth-order valence-corrected chi connectivity index (χ4v) is 5.39. The Morgan fingerprint density at radius 3 is 2.77 bits per heavy atom. The number of aliphatic hydroxyl groups is 2. The molecule has 1 saturated heterocycles. The minimum atomic E-state index is -5.06. The van der Waals surface area contributed by atoms with Gasteiger partial charge in [0.05, 0.1) is 37.3 Å². The standard InChI is InChI=1S/C21H24Cl2N9O7P/c22-13-4-2-1-3-11(13)7-24-18-12-8-25-32(19(12)27-20(23)26-18)17-5-14(34)15(39-17)9-38-21(10-33,40(35,36)37)6-16-28-30-31-29-16/h1-4,8,14-15,17,33-34H,5-7,9-10H2,(H,24,26,27)(H2,35,36,37)(H,28,29,30,31)/t14-,15+,17+,21+/m0/s1. The molecule has 19 heteroatoms. The van der Waals surface area contributed by atoms with Crippen molar-refractivity contribution in [2.24, 2.45) is 0 Å². The number of hydrogen-bond donors (Lipinski definition) is 6. The highest BCUT2D eigenvalue weighted by molar-refractivity contribution is 7.53. The maximum Gasteiger partial charge on any atom is 0.359 e. The smallest absolute Gasteiger partial charge is 0.359 e. The molecule has 40 heavy (non-hydrogen) atoms. The van der Waals surface area contributed by atoms with Crippen molar-refractivity contribution in [3.05, 3.63) is 52.2 Å². The van der Waals surface area contributed by atoms with Gasteiger partial charge in [0, 0.05) is 18.0 Å². The number of halogens is 2. The Bertz CT molecular complexity index is 1520. The summed E-state index contributed by atoms with van der Waals surface area (Å²) in [6.07, 6.45) is -1.91. The van der Waals surface area contributed by atoms with E-state index in [1.165, 1.54) is 10.9 Å². The number of aromatic nitrogens is 8. The van der Waals surface area contributed by atoms with E-state index < -0.39 is 51.0 Å². The van der Waals surface area contributed by atoms with Crippen LogP contribution in [-0.2, 0) is 27.0 Å². The number of hydrogen-bond acceptors (Lipinski definition) is 12. The molecule has 1 aliphatic heterocycles. The fourth-order valence-electron chi connectivity index (χ4n) is 4.25. The van der Waals surface area contributed by atoms with Crippen molar-refractivity contribution in [3.8, 4) is 0 Å². The van der Waals surface area contributed by atoms with Gasteiger partial charge in [0.1, 0.15) is 11.9 Å². The lowest BCUT2D eigenvalue weighted by atomic mass is 10.2. The summed E-state index contributed by atoms with van der Waals surface area (Å²) in [6.45, 7) is -1.16. The molecule has 1 aromatic carbocycles. The number of tetrazole rings is 1. The number of nitrogens with zero attached hydrogens (tertiary/aromatic N) is 7. The van der Waals surface area contributed by atoms with Crippen molar-refractivity contribution in [2.45, 2.75) is 43.2 Å². The van der Waals surface area contributed by atoms with Crippen molar-refractivity contribution in [2.75, 3.05) is 18.5 Å². The predicted molar refractivity (Wildman–Crippen MR) is 139 cm³/mol. The predicted octanol–water partition coefficient (Wildman–Crippen LogP) is 1.03. The van der Waals surface area contributed by atoms with Gasteiger partial charge in [0.15, 0.2) is 23.0 Å². The van der Waals surface area contributed by atoms with E-state index in [2.05, 4.69) is 41.0 Å². The van der Waals surface area contributed by atoms with Gasteiger partial charge < -0.3 is 34.8 Å². The molecule has 4 aromatic rings. The third-order valence-corrected chi connectivity index (χ3v) is 8.45. The van der Waals surface area contributed by atoms with Crippen molar-refractivity contribution < 1.29 is 34.0 Å². The summed E-state index contributed by atoms with van der Waals surface area (Å²) >= 11 is 12.4. The van der Waals surface area contributed by atoms with Crippen molar-refractivity contribution in [1.82, 2.24) is 40.4 Å². The lowest BCUT2D eigenvalue weighted by Gasteiger charge is -2.32. The quantitative estimate of drug-likeness (QED) is 0.102. The van der Waals surface area contributed by atoms with Crippen LogP contribution >= 0.6 is 30.8 Å². The first-order valence-corrected chi connectivity index (χ1v) is 14.2. The van der Waals surface area contributed by atoms with Gasteiger partial charge in [-0.05, 0) is 23.2 Å². The maximum atomic E-state index is 12.3. The second kappa shape index (κ2) is 11.6. The van der Waals surface area contributed by atoms with Gasteiger partial charge in [0.25, 0.3) is 0 Å². The van der Waals surface area contributed by atoms with Gasteiger partial charge in [-0.1, -0.05) is 35.0 Å². The van der Waals surface area contributed by atoms with Gasteiger partial charge in [-0.3, -0.25) is 4.57 Å². The summed E-state index contributed by atoms with van der Waals surface area (Å²) in [6, 6.07) is 7.34. The van der Waals surface area contributed by atoms with Crippen LogP contribution in [0.25, 0.3) is 11.0 Å². The Hall–Kier alpha value is -2.79. The summed E-state index contributed by atoms with van der Waals surface area (Å²) in [7, 11) is -5.06. The van der Waals surface area contributed by atoms with Crippen LogP contribution in [0.1, 0.15) is 24.0 Å². The Morgan fingerprint density at radius 2 is 2.08 bits per heavy atom. The molecule has 5 rings (SSSR count). The van der Waals surface area contributed by atoms with E-state index >= 15 is 0 Å². The number of aliphatic hydroxyl groups excluding tert-OH is 2. The largest absolute Gasteiger partial charge is 0.393 e. The van der Waals surface area contributed by atoms with Gasteiger partial charge in [-0.25, -0.2) is 4.68 Å². The van der Waals surface area contributed by atoms with Crippen molar-refractivity contribution >= 4 is 47.6 Å². The first kappa shape index (κ1) is 28.7. The third-order valence-electron chi connectivity index (χ3n) is 6.43. The molecular weight excluding hydrogens is 592 g/mol. The average molecular weight is 616 g/mol. The Kier molecular flexibility index (Phi) is 8.33. The summed E-state index contributed by atoms with van der Waals surface area (Å²) in [5.41, 5.74) is 1.18. The van der Waals surface area contributed by atoms with E-state index in [1.54, 1.807) is 6.07 Å². The highest BCUT2D eigenvalue weighted by Gasteiger charge is 2.50. The monoisotopic (exact) mass is 615 g/mol. The Morgan fingerprint density at radius 1 is 1.27 bits per heavy atom. The number of benzene rings is 1. The maximum absolute atomic E-state index is 12.3. The number of anilines is 1. The molecule has 1 aliphatic rings. The molecular formula is C21H24Cl2N9O7P. The lowest BCUT2D eigenvalue weighted by Crippen LogP contribution is -2.43. The van der Waals surface area contributed by atoms with Gasteiger partial charge in [-0.15, -0.1) is 10.2 Å². The lowest BCUT2D eigenvalue weighted by molar-refractivity contribution is -0.109. The van der Waals surface area contributed by atoms with Crippen LogP contribution in [0.2, 0.25) is 10.3 Å². The zero-order valence-electron chi connectivity index (χ0n) is 20.5. The molecule has 4 heterocycles.